The quantitative estimate of drug-likeness (QED) is 0.853. The lowest BCUT2D eigenvalue weighted by Gasteiger charge is -2.15. The third-order valence-corrected chi connectivity index (χ3v) is 3.08. The molecule has 0 aliphatic heterocycles. The van der Waals surface area contributed by atoms with Gasteiger partial charge in [0, 0.05) is 18.0 Å². The minimum absolute atomic E-state index is 0.114. The average Bonchev–Trinajstić information content (AvgIpc) is 2.51. The lowest BCUT2D eigenvalue weighted by Crippen LogP contribution is -2.14. The largest absolute Gasteiger partial charge is 0.417 e. The minimum atomic E-state index is -4.64. The smallest absolute Gasteiger partial charge is 0.368 e. The van der Waals surface area contributed by atoms with E-state index in [1.54, 1.807) is 36.4 Å². The van der Waals surface area contributed by atoms with Gasteiger partial charge in [-0.15, -0.1) is 11.6 Å². The first-order chi connectivity index (χ1) is 10.5. The van der Waals surface area contributed by atoms with E-state index < -0.39 is 17.3 Å². The van der Waals surface area contributed by atoms with E-state index in [1.165, 1.54) is 0 Å². The zero-order valence-corrected chi connectivity index (χ0v) is 12.0. The summed E-state index contributed by atoms with van der Waals surface area (Å²) in [4.78, 5) is 4.13. The van der Waals surface area contributed by atoms with E-state index in [0.717, 1.165) is 6.07 Å². The Morgan fingerprint density at radius 1 is 1.23 bits per heavy atom. The van der Waals surface area contributed by atoms with Crippen LogP contribution >= 0.6 is 11.6 Å². The maximum Gasteiger partial charge on any atom is 0.417 e. The van der Waals surface area contributed by atoms with Crippen molar-refractivity contribution in [1.82, 2.24) is 4.98 Å². The van der Waals surface area contributed by atoms with Crippen LogP contribution in [0.4, 0.5) is 19.0 Å². The lowest BCUT2D eigenvalue weighted by atomic mass is 10.0. The van der Waals surface area contributed by atoms with Crippen molar-refractivity contribution in [3.05, 3.63) is 47.5 Å². The summed E-state index contributed by atoms with van der Waals surface area (Å²) in [5.41, 5.74) is -0.867. The molecule has 114 valence electrons. The standard InChI is InChI=1S/C15H11ClF3N3/c16-6-7-21-14-11(9-20)12(15(17,18)19)8-13(22-14)10-4-2-1-3-5-10/h1-5,8H,6-7H2,(H,21,22). The van der Waals surface area contributed by atoms with Gasteiger partial charge in [0.1, 0.15) is 17.5 Å². The highest BCUT2D eigenvalue weighted by Crippen LogP contribution is 2.36. The summed E-state index contributed by atoms with van der Waals surface area (Å²) in [7, 11) is 0. The Hall–Kier alpha value is -2.26. The van der Waals surface area contributed by atoms with E-state index in [9.17, 15) is 13.2 Å². The molecule has 1 aromatic carbocycles. The van der Waals surface area contributed by atoms with Crippen molar-refractivity contribution >= 4 is 17.4 Å². The molecule has 0 amide bonds. The van der Waals surface area contributed by atoms with Crippen LogP contribution < -0.4 is 5.32 Å². The highest BCUT2D eigenvalue weighted by atomic mass is 35.5. The number of anilines is 1. The van der Waals surface area contributed by atoms with Crippen LogP contribution in [0.5, 0.6) is 0 Å². The molecule has 0 atom stereocenters. The number of aromatic nitrogens is 1. The first kappa shape index (κ1) is 16.1. The van der Waals surface area contributed by atoms with Crippen LogP contribution in [-0.2, 0) is 6.18 Å². The molecule has 1 N–H and O–H groups in total. The first-order valence-corrected chi connectivity index (χ1v) is 6.88. The molecule has 2 rings (SSSR count). The van der Waals surface area contributed by atoms with E-state index in [2.05, 4.69) is 10.3 Å². The molecular weight excluding hydrogens is 315 g/mol. The van der Waals surface area contributed by atoms with Gasteiger partial charge in [-0.25, -0.2) is 4.98 Å². The molecule has 0 spiro atoms. The number of alkyl halides is 4. The van der Waals surface area contributed by atoms with Gasteiger partial charge in [0.2, 0.25) is 0 Å². The zero-order valence-electron chi connectivity index (χ0n) is 11.3. The fourth-order valence-electron chi connectivity index (χ4n) is 1.93. The van der Waals surface area contributed by atoms with Crippen molar-refractivity contribution in [3.63, 3.8) is 0 Å². The third-order valence-electron chi connectivity index (χ3n) is 2.89. The van der Waals surface area contributed by atoms with Crippen molar-refractivity contribution in [2.24, 2.45) is 0 Å². The highest BCUT2D eigenvalue weighted by molar-refractivity contribution is 6.18. The summed E-state index contributed by atoms with van der Waals surface area (Å²) in [6.45, 7) is 0.207. The monoisotopic (exact) mass is 325 g/mol. The summed E-state index contributed by atoms with van der Waals surface area (Å²) in [5.74, 6) is 0.0699. The molecule has 22 heavy (non-hydrogen) atoms. The molecule has 0 unspecified atom stereocenters. The molecule has 0 aliphatic carbocycles. The Kier molecular flexibility index (Phi) is 4.88. The van der Waals surface area contributed by atoms with E-state index in [1.807, 2.05) is 0 Å². The number of rotatable bonds is 4. The Bertz CT molecular complexity index is 694. The van der Waals surface area contributed by atoms with Crippen molar-refractivity contribution in [2.75, 3.05) is 17.7 Å². The fourth-order valence-corrected chi connectivity index (χ4v) is 2.03. The number of hydrogen-bond donors (Lipinski definition) is 1. The maximum absolute atomic E-state index is 13.2. The first-order valence-electron chi connectivity index (χ1n) is 6.35. The topological polar surface area (TPSA) is 48.7 Å². The van der Waals surface area contributed by atoms with Crippen LogP contribution in [0, 0.1) is 11.3 Å². The summed E-state index contributed by atoms with van der Waals surface area (Å²) in [6.07, 6.45) is -4.64. The number of halogens is 4. The summed E-state index contributed by atoms with van der Waals surface area (Å²) < 4.78 is 39.6. The van der Waals surface area contributed by atoms with Gasteiger partial charge in [0.25, 0.3) is 0 Å². The van der Waals surface area contributed by atoms with Crippen molar-refractivity contribution < 1.29 is 13.2 Å². The molecule has 1 heterocycles. The predicted octanol–water partition coefficient (Wildman–Crippen LogP) is 4.29. The molecular formula is C15H11ClF3N3. The number of nitrogens with one attached hydrogen (secondary N) is 1. The number of hydrogen-bond acceptors (Lipinski definition) is 3. The van der Waals surface area contributed by atoms with Crippen molar-refractivity contribution in [2.45, 2.75) is 6.18 Å². The second kappa shape index (κ2) is 6.67. The van der Waals surface area contributed by atoms with Crippen LogP contribution in [0.25, 0.3) is 11.3 Å². The molecule has 0 radical (unpaired) electrons. The van der Waals surface area contributed by atoms with Gasteiger partial charge in [-0.2, -0.15) is 18.4 Å². The van der Waals surface area contributed by atoms with Crippen LogP contribution in [0.1, 0.15) is 11.1 Å². The molecule has 7 heteroatoms. The lowest BCUT2D eigenvalue weighted by molar-refractivity contribution is -0.137. The van der Waals surface area contributed by atoms with Crippen LogP contribution in [0.3, 0.4) is 0 Å². The Balaban J connectivity index is 2.65. The summed E-state index contributed by atoms with van der Waals surface area (Å²) in [6, 6.07) is 10.9. The average molecular weight is 326 g/mol. The second-order valence-electron chi connectivity index (χ2n) is 4.37. The molecule has 0 fully saturated rings. The van der Waals surface area contributed by atoms with Gasteiger partial charge in [-0.05, 0) is 6.07 Å². The minimum Gasteiger partial charge on any atom is -0.368 e. The molecule has 2 aromatic rings. The van der Waals surface area contributed by atoms with Gasteiger partial charge in [0.05, 0.1) is 11.3 Å². The van der Waals surface area contributed by atoms with Crippen LogP contribution in [0.15, 0.2) is 36.4 Å². The molecule has 0 saturated heterocycles. The van der Waals surface area contributed by atoms with E-state index >= 15 is 0 Å². The molecule has 0 aliphatic rings. The van der Waals surface area contributed by atoms with Crippen LogP contribution in [0.2, 0.25) is 0 Å². The van der Waals surface area contributed by atoms with Gasteiger partial charge in [0.15, 0.2) is 0 Å². The van der Waals surface area contributed by atoms with Gasteiger partial charge >= 0.3 is 6.18 Å². The summed E-state index contributed by atoms with van der Waals surface area (Å²) >= 11 is 5.54. The van der Waals surface area contributed by atoms with E-state index in [4.69, 9.17) is 16.9 Å². The highest BCUT2D eigenvalue weighted by Gasteiger charge is 2.36. The molecule has 1 aromatic heterocycles. The zero-order chi connectivity index (χ0) is 16.2. The Morgan fingerprint density at radius 2 is 1.91 bits per heavy atom. The van der Waals surface area contributed by atoms with Gasteiger partial charge in [-0.3, -0.25) is 0 Å². The third kappa shape index (κ3) is 3.49. The maximum atomic E-state index is 13.2. The number of pyridine rings is 1. The molecule has 3 nitrogen and oxygen atoms in total. The second-order valence-corrected chi connectivity index (χ2v) is 4.75. The Labute approximate surface area is 130 Å². The van der Waals surface area contributed by atoms with Crippen molar-refractivity contribution in [1.29, 1.82) is 5.26 Å². The van der Waals surface area contributed by atoms with Gasteiger partial charge in [-0.1, -0.05) is 30.3 Å². The molecule has 0 bridgehead atoms. The van der Waals surface area contributed by atoms with Crippen molar-refractivity contribution in [3.8, 4) is 17.3 Å². The SMILES string of the molecule is N#Cc1c(C(F)(F)F)cc(-c2ccccc2)nc1NCCCl. The molecule has 0 saturated carbocycles. The normalized spacial score (nSPS) is 11.0. The number of benzene rings is 1. The van der Waals surface area contributed by atoms with Crippen LogP contribution in [-0.4, -0.2) is 17.4 Å². The predicted molar refractivity (Wildman–Crippen MR) is 78.6 cm³/mol. The number of nitrogens with zero attached hydrogens (tertiary/aromatic N) is 2. The summed E-state index contributed by atoms with van der Waals surface area (Å²) in [5, 5.41) is 11.7. The fraction of sp³-hybridized carbons (Fsp3) is 0.200. The Morgan fingerprint density at radius 3 is 2.45 bits per heavy atom. The van der Waals surface area contributed by atoms with Gasteiger partial charge < -0.3 is 5.32 Å². The number of nitriles is 1. The van der Waals surface area contributed by atoms with E-state index in [0.29, 0.717) is 5.56 Å². The van der Waals surface area contributed by atoms with E-state index in [-0.39, 0.29) is 23.9 Å².